The fraction of sp³-hybridized carbons (Fsp3) is 0.167. The van der Waals surface area contributed by atoms with E-state index in [9.17, 15) is 22.4 Å². The molecule has 158 valence electrons. The highest BCUT2D eigenvalue weighted by atomic mass is 35.5. The van der Waals surface area contributed by atoms with Crippen LogP contribution in [-0.4, -0.2) is 32.8 Å². The van der Waals surface area contributed by atoms with Crippen LogP contribution in [0.15, 0.2) is 42.6 Å². The Morgan fingerprint density at radius 1 is 1.23 bits per heavy atom. The number of nitrogens with one attached hydrogen (secondary N) is 1. The molecule has 0 aliphatic rings. The standard InChI is InChI=1S/C18H13ClF4N4O3/c19-11-3-1-9(5-14(11)27-15(17(22)23)7-24-26-27)13(25-18(28)29)8-30-16-4-2-10(20)6-12(16)21/h1-7,13,17,25H,8H2,(H,28,29)/t13-/m1/s1. The predicted molar refractivity (Wildman–Crippen MR) is 97.1 cm³/mol. The summed E-state index contributed by atoms with van der Waals surface area (Å²) in [6.45, 7) is -0.380. The molecule has 30 heavy (non-hydrogen) atoms. The van der Waals surface area contributed by atoms with Crippen molar-refractivity contribution in [3.05, 3.63) is 70.5 Å². The molecule has 2 N–H and O–H groups in total. The summed E-state index contributed by atoms with van der Waals surface area (Å²) in [7, 11) is 0. The van der Waals surface area contributed by atoms with Gasteiger partial charge in [-0.25, -0.2) is 27.0 Å². The second kappa shape index (κ2) is 8.99. The molecule has 1 amide bonds. The Balaban J connectivity index is 1.92. The van der Waals surface area contributed by atoms with Crippen LogP contribution >= 0.6 is 11.6 Å². The lowest BCUT2D eigenvalue weighted by atomic mass is 10.1. The first kappa shape index (κ1) is 21.4. The quantitative estimate of drug-likeness (QED) is 0.523. The van der Waals surface area contributed by atoms with E-state index in [0.717, 1.165) is 23.0 Å². The zero-order valence-electron chi connectivity index (χ0n) is 14.9. The predicted octanol–water partition coefficient (Wildman–Crippen LogP) is 4.52. The van der Waals surface area contributed by atoms with Crippen LogP contribution in [0.5, 0.6) is 5.75 Å². The highest BCUT2D eigenvalue weighted by Crippen LogP contribution is 2.29. The van der Waals surface area contributed by atoms with Crippen LogP contribution in [0.3, 0.4) is 0 Å². The zero-order chi connectivity index (χ0) is 21.8. The van der Waals surface area contributed by atoms with Gasteiger partial charge < -0.3 is 15.2 Å². The number of nitrogens with zero attached hydrogens (tertiary/aromatic N) is 3. The minimum absolute atomic E-state index is 0.0344. The Hall–Kier alpha value is -3.34. The van der Waals surface area contributed by atoms with Gasteiger partial charge in [0.2, 0.25) is 0 Å². The number of hydrogen-bond donors (Lipinski definition) is 2. The van der Waals surface area contributed by atoms with Crippen LogP contribution in [0.4, 0.5) is 22.4 Å². The summed E-state index contributed by atoms with van der Waals surface area (Å²) in [5, 5.41) is 18.4. The molecular formula is C18H13ClF4N4O3. The summed E-state index contributed by atoms with van der Waals surface area (Å²) in [6, 6.07) is 5.74. The van der Waals surface area contributed by atoms with Gasteiger partial charge in [-0.1, -0.05) is 22.9 Å². The number of benzene rings is 2. The number of rotatable bonds is 7. The maximum Gasteiger partial charge on any atom is 0.405 e. The summed E-state index contributed by atoms with van der Waals surface area (Å²) in [5.74, 6) is -2.06. The molecule has 0 aliphatic heterocycles. The molecule has 0 fully saturated rings. The average Bonchev–Trinajstić information content (AvgIpc) is 3.16. The number of alkyl halides is 2. The lowest BCUT2D eigenvalue weighted by molar-refractivity contribution is 0.143. The molecule has 7 nitrogen and oxygen atoms in total. The van der Waals surface area contributed by atoms with Gasteiger partial charge >= 0.3 is 6.09 Å². The molecule has 0 spiro atoms. The molecule has 12 heteroatoms. The van der Waals surface area contributed by atoms with Gasteiger partial charge in [0, 0.05) is 6.07 Å². The molecular weight excluding hydrogens is 432 g/mol. The van der Waals surface area contributed by atoms with Crippen LogP contribution in [0.25, 0.3) is 5.69 Å². The fourth-order valence-corrected chi connectivity index (χ4v) is 2.82. The van der Waals surface area contributed by atoms with Gasteiger partial charge in [0.1, 0.15) is 18.1 Å². The molecule has 1 heterocycles. The third-order valence-corrected chi connectivity index (χ3v) is 4.32. The first-order valence-electron chi connectivity index (χ1n) is 8.32. The molecule has 1 aromatic heterocycles. The molecule has 0 bridgehead atoms. The molecule has 0 unspecified atom stereocenters. The van der Waals surface area contributed by atoms with E-state index in [1.807, 2.05) is 0 Å². The van der Waals surface area contributed by atoms with Crippen molar-refractivity contribution in [2.75, 3.05) is 6.61 Å². The molecule has 3 rings (SSSR count). The smallest absolute Gasteiger partial charge is 0.405 e. The van der Waals surface area contributed by atoms with Gasteiger partial charge in [-0.15, -0.1) is 5.10 Å². The summed E-state index contributed by atoms with van der Waals surface area (Å²) in [4.78, 5) is 11.2. The Bertz CT molecular complexity index is 1060. The van der Waals surface area contributed by atoms with E-state index in [1.54, 1.807) is 0 Å². The van der Waals surface area contributed by atoms with Crippen LogP contribution in [0.1, 0.15) is 23.7 Å². The summed E-state index contributed by atoms with van der Waals surface area (Å²) < 4.78 is 59.2. The topological polar surface area (TPSA) is 89.3 Å². The zero-order valence-corrected chi connectivity index (χ0v) is 15.7. The second-order valence-corrected chi connectivity index (χ2v) is 6.38. The molecule has 2 aromatic carbocycles. The van der Waals surface area contributed by atoms with Crippen LogP contribution < -0.4 is 10.1 Å². The fourth-order valence-electron chi connectivity index (χ4n) is 2.62. The number of halogens is 5. The van der Waals surface area contributed by atoms with Gasteiger partial charge in [-0.2, -0.15) is 0 Å². The number of ether oxygens (including phenoxy) is 1. The van der Waals surface area contributed by atoms with E-state index >= 15 is 0 Å². The minimum atomic E-state index is -2.88. The van der Waals surface area contributed by atoms with Gasteiger partial charge in [-0.05, 0) is 29.8 Å². The van der Waals surface area contributed by atoms with Gasteiger partial charge in [0.25, 0.3) is 6.43 Å². The first-order chi connectivity index (χ1) is 14.3. The summed E-state index contributed by atoms with van der Waals surface area (Å²) in [5.41, 5.74) is -0.205. The van der Waals surface area contributed by atoms with Crippen molar-refractivity contribution in [2.24, 2.45) is 0 Å². The number of amides is 1. The number of aromatic nitrogens is 3. The Morgan fingerprint density at radius 3 is 2.67 bits per heavy atom. The highest BCUT2D eigenvalue weighted by Gasteiger charge is 2.21. The van der Waals surface area contributed by atoms with E-state index in [1.165, 1.54) is 18.2 Å². The molecule has 0 saturated carbocycles. The molecule has 0 radical (unpaired) electrons. The van der Waals surface area contributed by atoms with E-state index in [0.29, 0.717) is 6.07 Å². The third-order valence-electron chi connectivity index (χ3n) is 4.00. The average molecular weight is 445 g/mol. The molecule has 0 aliphatic carbocycles. The SMILES string of the molecule is O=C(O)N[C@H](COc1ccc(F)cc1F)c1ccc(Cl)c(-n2nncc2C(F)F)c1. The van der Waals surface area contributed by atoms with Crippen LogP contribution in [0, 0.1) is 11.6 Å². The van der Waals surface area contributed by atoms with E-state index in [2.05, 4.69) is 15.6 Å². The highest BCUT2D eigenvalue weighted by molar-refractivity contribution is 6.32. The van der Waals surface area contributed by atoms with E-state index < -0.39 is 35.9 Å². The van der Waals surface area contributed by atoms with Crippen molar-refractivity contribution in [3.63, 3.8) is 0 Å². The Labute approximate surface area is 171 Å². The molecule has 1 atom stereocenters. The number of carboxylic acid groups (broad SMARTS) is 1. The molecule has 0 saturated heterocycles. The van der Waals surface area contributed by atoms with E-state index in [4.69, 9.17) is 21.4 Å². The van der Waals surface area contributed by atoms with Crippen LogP contribution in [0.2, 0.25) is 5.02 Å². The Kier molecular flexibility index (Phi) is 6.40. The van der Waals surface area contributed by atoms with Crippen molar-refractivity contribution < 1.29 is 32.2 Å². The van der Waals surface area contributed by atoms with Crippen molar-refractivity contribution >= 4 is 17.7 Å². The monoisotopic (exact) mass is 444 g/mol. The lowest BCUT2D eigenvalue weighted by Crippen LogP contribution is -2.31. The Morgan fingerprint density at radius 2 is 2.00 bits per heavy atom. The molecule has 3 aromatic rings. The number of carbonyl (C=O) groups is 1. The summed E-state index contributed by atoms with van der Waals surface area (Å²) >= 11 is 6.10. The minimum Gasteiger partial charge on any atom is -0.488 e. The largest absolute Gasteiger partial charge is 0.488 e. The maximum atomic E-state index is 13.8. The first-order valence-corrected chi connectivity index (χ1v) is 8.70. The summed E-state index contributed by atoms with van der Waals surface area (Å²) in [6.07, 6.45) is -3.41. The van der Waals surface area contributed by atoms with Crippen LogP contribution in [-0.2, 0) is 0 Å². The lowest BCUT2D eigenvalue weighted by Gasteiger charge is -2.20. The van der Waals surface area contributed by atoms with E-state index in [-0.39, 0.29) is 28.6 Å². The van der Waals surface area contributed by atoms with Gasteiger partial charge in [0.15, 0.2) is 11.6 Å². The van der Waals surface area contributed by atoms with Crippen molar-refractivity contribution in [2.45, 2.75) is 12.5 Å². The van der Waals surface area contributed by atoms with Gasteiger partial charge in [0.05, 0.1) is 22.9 Å². The normalized spacial score (nSPS) is 12.1. The van der Waals surface area contributed by atoms with Crippen molar-refractivity contribution in [1.29, 1.82) is 0 Å². The number of hydrogen-bond acceptors (Lipinski definition) is 4. The van der Waals surface area contributed by atoms with Crippen molar-refractivity contribution in [3.8, 4) is 11.4 Å². The maximum absolute atomic E-state index is 13.8. The van der Waals surface area contributed by atoms with Gasteiger partial charge in [-0.3, -0.25) is 0 Å². The third kappa shape index (κ3) is 4.79. The second-order valence-electron chi connectivity index (χ2n) is 5.97. The van der Waals surface area contributed by atoms with Crippen molar-refractivity contribution in [1.82, 2.24) is 20.3 Å².